The number of aliphatic carboxylic acids is 1. The molecule has 17 heavy (non-hydrogen) atoms. The summed E-state index contributed by atoms with van der Waals surface area (Å²) >= 11 is 0. The van der Waals surface area contributed by atoms with Crippen LogP contribution in [0.3, 0.4) is 0 Å². The molecular weight excluding hydrogens is 218 g/mol. The Morgan fingerprint density at radius 2 is 2.24 bits per heavy atom. The van der Waals surface area contributed by atoms with Crippen molar-refractivity contribution in [3.8, 4) is 0 Å². The summed E-state index contributed by atoms with van der Waals surface area (Å²) in [5.74, 6) is -0.881. The van der Waals surface area contributed by atoms with E-state index >= 15 is 0 Å². The first-order valence-electron chi connectivity index (χ1n) is 6.76. The smallest absolute Gasteiger partial charge is 0.306 e. The zero-order chi connectivity index (χ0) is 12.7. The Kier molecular flexibility index (Phi) is 6.52. The van der Waals surface area contributed by atoms with Crippen LogP contribution in [0, 0.1) is 5.92 Å². The lowest BCUT2D eigenvalue weighted by Crippen LogP contribution is -2.34. The van der Waals surface area contributed by atoms with E-state index in [0.29, 0.717) is 6.42 Å². The topological polar surface area (TPSA) is 60.8 Å². The Bertz CT molecular complexity index is 233. The quantitative estimate of drug-likeness (QED) is 0.681. The highest BCUT2D eigenvalue weighted by Crippen LogP contribution is 2.20. The van der Waals surface area contributed by atoms with Crippen molar-refractivity contribution in [2.24, 2.45) is 5.92 Å². The number of nitrogens with zero attached hydrogens (tertiary/aromatic N) is 1. The van der Waals surface area contributed by atoms with Gasteiger partial charge in [0.05, 0.1) is 12.5 Å². The van der Waals surface area contributed by atoms with Crippen LogP contribution in [-0.2, 0) is 4.79 Å². The van der Waals surface area contributed by atoms with Gasteiger partial charge in [-0.3, -0.25) is 9.69 Å². The number of aliphatic hydroxyl groups excluding tert-OH is 1. The van der Waals surface area contributed by atoms with Crippen molar-refractivity contribution in [2.75, 3.05) is 19.7 Å². The second-order valence-corrected chi connectivity index (χ2v) is 4.98. The molecule has 0 aromatic rings. The van der Waals surface area contributed by atoms with Crippen LogP contribution in [0.1, 0.15) is 45.4 Å². The highest BCUT2D eigenvalue weighted by Gasteiger charge is 2.25. The second-order valence-electron chi connectivity index (χ2n) is 4.98. The summed E-state index contributed by atoms with van der Waals surface area (Å²) in [5.41, 5.74) is 0. The maximum Gasteiger partial charge on any atom is 0.306 e. The van der Waals surface area contributed by atoms with Gasteiger partial charge < -0.3 is 10.2 Å². The molecule has 1 heterocycles. The number of hydrogen-bond donors (Lipinski definition) is 2. The highest BCUT2D eigenvalue weighted by molar-refractivity contribution is 5.69. The number of carboxylic acids is 1. The number of unbranched alkanes of at least 4 members (excludes halogenated alkanes) is 1. The molecule has 4 nitrogen and oxygen atoms in total. The summed E-state index contributed by atoms with van der Waals surface area (Å²) in [5, 5.41) is 18.3. The largest absolute Gasteiger partial charge is 0.481 e. The molecule has 4 heteroatoms. The first-order valence-corrected chi connectivity index (χ1v) is 6.76. The van der Waals surface area contributed by atoms with Crippen molar-refractivity contribution in [1.82, 2.24) is 4.90 Å². The first kappa shape index (κ1) is 14.5. The predicted molar refractivity (Wildman–Crippen MR) is 66.9 cm³/mol. The van der Waals surface area contributed by atoms with Crippen LogP contribution in [0.5, 0.6) is 0 Å². The fourth-order valence-electron chi connectivity index (χ4n) is 2.56. The van der Waals surface area contributed by atoms with Gasteiger partial charge in [0.15, 0.2) is 0 Å². The van der Waals surface area contributed by atoms with Crippen molar-refractivity contribution in [2.45, 2.75) is 51.5 Å². The van der Waals surface area contributed by atoms with Crippen LogP contribution < -0.4 is 0 Å². The Hall–Kier alpha value is -0.610. The molecule has 2 atom stereocenters. The number of carbonyl (C=O) groups is 1. The van der Waals surface area contributed by atoms with Crippen molar-refractivity contribution in [3.63, 3.8) is 0 Å². The van der Waals surface area contributed by atoms with Gasteiger partial charge in [0.2, 0.25) is 0 Å². The third-order valence-electron chi connectivity index (χ3n) is 3.73. The van der Waals surface area contributed by atoms with E-state index in [2.05, 4.69) is 11.8 Å². The Morgan fingerprint density at radius 3 is 2.82 bits per heavy atom. The van der Waals surface area contributed by atoms with Crippen LogP contribution in [0.4, 0.5) is 0 Å². The van der Waals surface area contributed by atoms with Crippen molar-refractivity contribution < 1.29 is 15.0 Å². The molecule has 2 N–H and O–H groups in total. The highest BCUT2D eigenvalue weighted by atomic mass is 16.4. The summed E-state index contributed by atoms with van der Waals surface area (Å²) in [7, 11) is 0. The summed E-state index contributed by atoms with van der Waals surface area (Å²) in [6, 6.07) is 0.260. The lowest BCUT2D eigenvalue weighted by Gasteiger charge is -2.24. The fourth-order valence-corrected chi connectivity index (χ4v) is 2.56. The molecule has 0 amide bonds. The van der Waals surface area contributed by atoms with Gasteiger partial charge in [-0.1, -0.05) is 19.8 Å². The maximum atomic E-state index is 11.1. The van der Waals surface area contributed by atoms with Crippen LogP contribution >= 0.6 is 0 Å². The van der Waals surface area contributed by atoms with Gasteiger partial charge in [0.25, 0.3) is 0 Å². The second kappa shape index (κ2) is 7.67. The van der Waals surface area contributed by atoms with Crippen molar-refractivity contribution in [3.05, 3.63) is 0 Å². The minimum atomic E-state index is -0.668. The molecule has 1 saturated heterocycles. The van der Waals surface area contributed by atoms with E-state index in [-0.39, 0.29) is 18.6 Å². The summed E-state index contributed by atoms with van der Waals surface area (Å²) in [6.07, 6.45) is 5.70. The zero-order valence-electron chi connectivity index (χ0n) is 10.8. The third kappa shape index (κ3) is 4.64. The van der Waals surface area contributed by atoms with Crippen molar-refractivity contribution in [1.29, 1.82) is 0 Å². The standard InChI is InChI=1S/C13H25NO3/c1-2-3-5-11(13(16)17)7-9-14-8-4-6-12(14)10-15/h11-12,15H,2-10H2,1H3,(H,16,17)/t11?,12-/m0/s1. The van der Waals surface area contributed by atoms with Gasteiger partial charge in [-0.25, -0.2) is 0 Å². The summed E-state index contributed by atoms with van der Waals surface area (Å²) in [6.45, 7) is 4.10. The number of aliphatic hydroxyl groups is 1. The number of rotatable bonds is 8. The van der Waals surface area contributed by atoms with E-state index in [4.69, 9.17) is 5.11 Å². The van der Waals surface area contributed by atoms with E-state index in [0.717, 1.165) is 45.2 Å². The van der Waals surface area contributed by atoms with Gasteiger partial charge in [0, 0.05) is 6.04 Å². The normalized spacial score (nSPS) is 22.8. The van der Waals surface area contributed by atoms with E-state index in [1.165, 1.54) is 0 Å². The average Bonchev–Trinajstić information content (AvgIpc) is 2.76. The number of hydrogen-bond acceptors (Lipinski definition) is 3. The molecule has 0 saturated carbocycles. The van der Waals surface area contributed by atoms with Crippen LogP contribution in [0.15, 0.2) is 0 Å². The predicted octanol–water partition coefficient (Wildman–Crippen LogP) is 1.72. The maximum absolute atomic E-state index is 11.1. The molecule has 0 spiro atoms. The SMILES string of the molecule is CCCCC(CCN1CCC[C@H]1CO)C(=O)O. The number of carboxylic acid groups (broad SMARTS) is 1. The molecule has 1 aliphatic heterocycles. The molecule has 100 valence electrons. The van der Waals surface area contributed by atoms with Crippen LogP contribution in [-0.4, -0.2) is 46.8 Å². The summed E-state index contributed by atoms with van der Waals surface area (Å²) < 4.78 is 0. The van der Waals surface area contributed by atoms with Gasteiger partial charge in [-0.2, -0.15) is 0 Å². The van der Waals surface area contributed by atoms with Crippen molar-refractivity contribution >= 4 is 5.97 Å². The van der Waals surface area contributed by atoms with E-state index in [1.807, 2.05) is 0 Å². The van der Waals surface area contributed by atoms with E-state index in [1.54, 1.807) is 0 Å². The fraction of sp³-hybridized carbons (Fsp3) is 0.923. The molecule has 0 aromatic carbocycles. The lowest BCUT2D eigenvalue weighted by molar-refractivity contribution is -0.142. The monoisotopic (exact) mass is 243 g/mol. The van der Waals surface area contributed by atoms with E-state index < -0.39 is 5.97 Å². The third-order valence-corrected chi connectivity index (χ3v) is 3.73. The molecule has 1 aliphatic rings. The Labute approximate surface area is 104 Å². The molecular formula is C13H25NO3. The van der Waals surface area contributed by atoms with Gasteiger partial charge in [-0.05, 0) is 38.8 Å². The van der Waals surface area contributed by atoms with Crippen LogP contribution in [0.25, 0.3) is 0 Å². The molecule has 0 aromatic heterocycles. The van der Waals surface area contributed by atoms with Gasteiger partial charge in [0.1, 0.15) is 0 Å². The molecule has 0 bridgehead atoms. The molecule has 1 unspecified atom stereocenters. The van der Waals surface area contributed by atoms with Gasteiger partial charge >= 0.3 is 5.97 Å². The zero-order valence-corrected chi connectivity index (χ0v) is 10.8. The molecule has 0 radical (unpaired) electrons. The molecule has 1 rings (SSSR count). The average molecular weight is 243 g/mol. The summed E-state index contributed by atoms with van der Waals surface area (Å²) in [4.78, 5) is 13.3. The Morgan fingerprint density at radius 1 is 1.47 bits per heavy atom. The minimum Gasteiger partial charge on any atom is -0.481 e. The minimum absolute atomic E-state index is 0.201. The molecule has 0 aliphatic carbocycles. The molecule has 1 fully saturated rings. The van der Waals surface area contributed by atoms with Gasteiger partial charge in [-0.15, -0.1) is 0 Å². The van der Waals surface area contributed by atoms with E-state index in [9.17, 15) is 9.90 Å². The van der Waals surface area contributed by atoms with Crippen LogP contribution in [0.2, 0.25) is 0 Å². The number of likely N-dealkylation sites (tertiary alicyclic amines) is 1. The lowest BCUT2D eigenvalue weighted by atomic mass is 9.98. The Balaban J connectivity index is 2.32. The first-order chi connectivity index (χ1) is 8.19.